The Balaban J connectivity index is 1.66. The number of ether oxygens (including phenoxy) is 3. The number of β-lactam (4-membered cyclic amide) rings is 1. The number of alkyl halides is 3. The van der Waals surface area contributed by atoms with Crippen molar-refractivity contribution >= 4 is 23.4 Å². The van der Waals surface area contributed by atoms with Gasteiger partial charge in [-0.25, -0.2) is 0 Å². The Hall–Kier alpha value is -4.54. The lowest BCUT2D eigenvalue weighted by Crippen LogP contribution is -2.67. The number of carbonyl (C=O) groups is 3. The average Bonchev–Trinajstić information content (AvgIpc) is 3.15. The number of benzene rings is 3. The van der Waals surface area contributed by atoms with Gasteiger partial charge in [-0.1, -0.05) is 18.2 Å². The molecule has 38 heavy (non-hydrogen) atoms. The van der Waals surface area contributed by atoms with Crippen LogP contribution in [0, 0.1) is 0 Å². The van der Waals surface area contributed by atoms with E-state index >= 15 is 0 Å². The van der Waals surface area contributed by atoms with E-state index in [1.165, 1.54) is 57.7 Å². The van der Waals surface area contributed by atoms with Gasteiger partial charge in [0, 0.05) is 5.69 Å². The van der Waals surface area contributed by atoms with Gasteiger partial charge in [-0.05, 0) is 48.0 Å². The standard InChI is InChI=1S/C27H21F3N2O6/c1-36-19-11-14(12-20(37-2)23(19)38-3)21-22(32-24(33)17-9-4-5-10-18(17)25(32)34)26(35)31(21)16-8-6-7-15(13-16)27(28,29)30/h4-13,21-22H,1-3H3. The van der Waals surface area contributed by atoms with Gasteiger partial charge in [0.25, 0.3) is 17.7 Å². The summed E-state index contributed by atoms with van der Waals surface area (Å²) >= 11 is 0. The molecule has 0 saturated carbocycles. The van der Waals surface area contributed by atoms with Gasteiger partial charge >= 0.3 is 6.18 Å². The number of rotatable bonds is 6. The summed E-state index contributed by atoms with van der Waals surface area (Å²) in [6.45, 7) is 0. The van der Waals surface area contributed by atoms with E-state index < -0.39 is 41.5 Å². The molecule has 0 aliphatic carbocycles. The van der Waals surface area contributed by atoms with Crippen molar-refractivity contribution < 1.29 is 41.8 Å². The van der Waals surface area contributed by atoms with Crippen LogP contribution in [0.2, 0.25) is 0 Å². The van der Waals surface area contributed by atoms with E-state index in [-0.39, 0.29) is 34.1 Å². The number of nitrogens with zero attached hydrogens (tertiary/aromatic N) is 2. The van der Waals surface area contributed by atoms with Crippen molar-refractivity contribution in [2.45, 2.75) is 18.3 Å². The molecule has 1 fully saturated rings. The molecule has 1 saturated heterocycles. The number of hydrogen-bond acceptors (Lipinski definition) is 6. The molecule has 11 heteroatoms. The number of fused-ring (bicyclic) bond motifs is 1. The Morgan fingerprint density at radius 3 is 1.79 bits per heavy atom. The largest absolute Gasteiger partial charge is 0.493 e. The predicted molar refractivity (Wildman–Crippen MR) is 128 cm³/mol. The highest BCUT2D eigenvalue weighted by Gasteiger charge is 2.57. The van der Waals surface area contributed by atoms with E-state index in [2.05, 4.69) is 0 Å². The Bertz CT molecular complexity index is 1410. The molecule has 3 aromatic rings. The highest BCUT2D eigenvalue weighted by atomic mass is 19.4. The number of hydrogen-bond donors (Lipinski definition) is 0. The Morgan fingerprint density at radius 2 is 1.29 bits per heavy atom. The van der Waals surface area contributed by atoms with Gasteiger partial charge in [0.05, 0.1) is 44.1 Å². The zero-order valence-corrected chi connectivity index (χ0v) is 20.4. The molecule has 0 aromatic heterocycles. The zero-order valence-electron chi connectivity index (χ0n) is 20.4. The maximum Gasteiger partial charge on any atom is 0.416 e. The Labute approximate surface area is 215 Å². The lowest BCUT2D eigenvalue weighted by Gasteiger charge is -2.50. The fraction of sp³-hybridized carbons (Fsp3) is 0.222. The monoisotopic (exact) mass is 526 g/mol. The minimum atomic E-state index is -4.64. The second-order valence-corrected chi connectivity index (χ2v) is 8.63. The van der Waals surface area contributed by atoms with Crippen LogP contribution in [0.15, 0.2) is 60.7 Å². The molecule has 0 radical (unpaired) electrons. The van der Waals surface area contributed by atoms with Crippen LogP contribution in [0.1, 0.15) is 37.9 Å². The van der Waals surface area contributed by atoms with Crippen molar-refractivity contribution in [1.29, 1.82) is 0 Å². The van der Waals surface area contributed by atoms with Crippen LogP contribution < -0.4 is 19.1 Å². The van der Waals surface area contributed by atoms with E-state index in [0.29, 0.717) is 5.56 Å². The first kappa shape index (κ1) is 25.1. The summed E-state index contributed by atoms with van der Waals surface area (Å²) in [6.07, 6.45) is -4.64. The minimum absolute atomic E-state index is 0.0450. The average molecular weight is 526 g/mol. The summed E-state index contributed by atoms with van der Waals surface area (Å²) in [4.78, 5) is 42.1. The molecule has 3 aromatic carbocycles. The molecule has 0 N–H and O–H groups in total. The number of methoxy groups -OCH3 is 3. The summed E-state index contributed by atoms with van der Waals surface area (Å²) in [5.41, 5.74) is -0.344. The first-order chi connectivity index (χ1) is 18.1. The number of amides is 3. The summed E-state index contributed by atoms with van der Waals surface area (Å²) in [6, 6.07) is 11.2. The number of carbonyl (C=O) groups excluding carboxylic acids is 3. The van der Waals surface area contributed by atoms with Gasteiger partial charge < -0.3 is 19.1 Å². The van der Waals surface area contributed by atoms with Crippen LogP contribution >= 0.6 is 0 Å². The van der Waals surface area contributed by atoms with Crippen LogP contribution in [0.25, 0.3) is 0 Å². The van der Waals surface area contributed by atoms with Gasteiger partial charge in [0.2, 0.25) is 5.75 Å². The van der Waals surface area contributed by atoms with Crippen LogP contribution in [-0.2, 0) is 11.0 Å². The minimum Gasteiger partial charge on any atom is -0.493 e. The molecule has 0 bridgehead atoms. The molecular formula is C27H21F3N2O6. The van der Waals surface area contributed by atoms with Crippen LogP contribution in [-0.4, -0.2) is 50.0 Å². The first-order valence-corrected chi connectivity index (χ1v) is 11.4. The molecule has 2 atom stereocenters. The molecule has 5 rings (SSSR count). The SMILES string of the molecule is COc1cc(C2C(N3C(=O)c4ccccc4C3=O)C(=O)N2c2cccc(C(F)(F)F)c2)cc(OC)c1OC. The van der Waals surface area contributed by atoms with E-state index in [9.17, 15) is 27.6 Å². The quantitative estimate of drug-likeness (QED) is 0.348. The van der Waals surface area contributed by atoms with Gasteiger partial charge in [0.15, 0.2) is 11.5 Å². The molecule has 0 spiro atoms. The molecule has 2 aliphatic rings. The number of imide groups is 1. The first-order valence-electron chi connectivity index (χ1n) is 11.4. The van der Waals surface area contributed by atoms with E-state index in [4.69, 9.17) is 14.2 Å². The second kappa shape index (κ2) is 9.09. The van der Waals surface area contributed by atoms with Crippen LogP contribution in [0.3, 0.4) is 0 Å². The Morgan fingerprint density at radius 1 is 0.711 bits per heavy atom. The van der Waals surface area contributed by atoms with Gasteiger partial charge in [-0.2, -0.15) is 13.2 Å². The number of halogens is 3. The molecule has 3 amide bonds. The zero-order chi connectivity index (χ0) is 27.4. The van der Waals surface area contributed by atoms with E-state index in [1.54, 1.807) is 12.1 Å². The topological polar surface area (TPSA) is 85.4 Å². The third kappa shape index (κ3) is 3.73. The van der Waals surface area contributed by atoms with Crippen LogP contribution in [0.4, 0.5) is 18.9 Å². The van der Waals surface area contributed by atoms with Crippen molar-refractivity contribution in [3.63, 3.8) is 0 Å². The van der Waals surface area contributed by atoms with E-state index in [1.807, 2.05) is 0 Å². The molecule has 8 nitrogen and oxygen atoms in total. The summed E-state index contributed by atoms with van der Waals surface area (Å²) < 4.78 is 56.6. The molecule has 196 valence electrons. The fourth-order valence-electron chi connectivity index (χ4n) is 4.91. The van der Waals surface area contributed by atoms with E-state index in [0.717, 1.165) is 21.9 Å². The van der Waals surface area contributed by atoms with Crippen molar-refractivity contribution in [3.05, 3.63) is 82.9 Å². The number of anilines is 1. The van der Waals surface area contributed by atoms with Crippen molar-refractivity contribution in [3.8, 4) is 17.2 Å². The lowest BCUT2D eigenvalue weighted by atomic mass is 9.85. The molecule has 2 unspecified atom stereocenters. The summed E-state index contributed by atoms with van der Waals surface area (Å²) in [5, 5.41) is 0. The van der Waals surface area contributed by atoms with Crippen molar-refractivity contribution in [2.24, 2.45) is 0 Å². The molecular weight excluding hydrogens is 505 g/mol. The normalized spacial score (nSPS) is 18.8. The third-order valence-electron chi connectivity index (χ3n) is 6.65. The van der Waals surface area contributed by atoms with Gasteiger partial charge in [-0.3, -0.25) is 19.3 Å². The van der Waals surface area contributed by atoms with Gasteiger partial charge in [-0.15, -0.1) is 0 Å². The smallest absolute Gasteiger partial charge is 0.416 e. The highest BCUT2D eigenvalue weighted by molar-refractivity contribution is 6.24. The fourth-order valence-corrected chi connectivity index (χ4v) is 4.91. The van der Waals surface area contributed by atoms with Crippen LogP contribution in [0.5, 0.6) is 17.2 Å². The van der Waals surface area contributed by atoms with Crippen molar-refractivity contribution in [2.75, 3.05) is 26.2 Å². The molecule has 2 aliphatic heterocycles. The predicted octanol–water partition coefficient (Wildman–Crippen LogP) is 4.48. The third-order valence-corrected chi connectivity index (χ3v) is 6.65. The highest BCUT2D eigenvalue weighted by Crippen LogP contribution is 2.48. The molecule has 2 heterocycles. The van der Waals surface area contributed by atoms with Gasteiger partial charge in [0.1, 0.15) is 6.04 Å². The summed E-state index contributed by atoms with van der Waals surface area (Å²) in [5.74, 6) is -1.32. The van der Waals surface area contributed by atoms with Crippen molar-refractivity contribution in [1.82, 2.24) is 4.90 Å². The lowest BCUT2D eigenvalue weighted by molar-refractivity contribution is -0.137. The Kier molecular flexibility index (Phi) is 6.01. The maximum absolute atomic E-state index is 13.6. The maximum atomic E-state index is 13.6. The second-order valence-electron chi connectivity index (χ2n) is 8.63. The summed E-state index contributed by atoms with van der Waals surface area (Å²) in [7, 11) is 4.18.